The zero-order chi connectivity index (χ0) is 30.3. The third-order valence-corrected chi connectivity index (χ3v) is 10.6. The van der Waals surface area contributed by atoms with Crippen molar-refractivity contribution < 1.29 is 9.47 Å². The largest absolute Gasteiger partial charge is 0.384 e. The number of rotatable bonds is 13. The van der Waals surface area contributed by atoms with E-state index in [1.165, 1.54) is 36.0 Å². The quantitative estimate of drug-likeness (QED) is 0.175. The third kappa shape index (κ3) is 7.39. The summed E-state index contributed by atoms with van der Waals surface area (Å²) in [6, 6.07) is 25.0. The van der Waals surface area contributed by atoms with Gasteiger partial charge in [0.25, 0.3) is 0 Å². The van der Waals surface area contributed by atoms with Gasteiger partial charge in [0.1, 0.15) is 0 Å². The van der Waals surface area contributed by atoms with Crippen molar-refractivity contribution in [2.24, 2.45) is 29.1 Å². The maximum Gasteiger partial charge on any atom is 0.0547 e. The van der Waals surface area contributed by atoms with E-state index in [0.717, 1.165) is 27.9 Å². The first kappa shape index (κ1) is 33.3. The minimum absolute atomic E-state index is 0.134. The molecule has 4 atom stereocenters. The van der Waals surface area contributed by atoms with Gasteiger partial charge in [-0.2, -0.15) is 0 Å². The first-order chi connectivity index (χ1) is 20.1. The van der Waals surface area contributed by atoms with E-state index in [0.29, 0.717) is 43.5 Å². The molecular weight excluding hydrogens is 583 g/mol. The van der Waals surface area contributed by atoms with Crippen LogP contribution in [0.5, 0.6) is 0 Å². The minimum Gasteiger partial charge on any atom is -0.384 e. The molecule has 0 radical (unpaired) electrons. The standard InChI is InChI=1S/C37H47Cl3O2/c1-6-42-25-36(24-41-5,35-23-27(4)7-20-34(35)26(2)3)21-22-37(28-8-14-31(38)15-9-28,29-10-16-32(39)17-11-29)30-12-18-33(40)19-13-30/h8-19,26-27,34-35H,6-7,20-25H2,1-5H3. The molecule has 0 bridgehead atoms. The summed E-state index contributed by atoms with van der Waals surface area (Å²) >= 11 is 19.3. The molecule has 0 aliphatic heterocycles. The van der Waals surface area contributed by atoms with E-state index < -0.39 is 5.41 Å². The Hall–Kier alpha value is -1.55. The molecule has 1 aliphatic rings. The first-order valence-electron chi connectivity index (χ1n) is 15.5. The fourth-order valence-corrected chi connectivity index (χ4v) is 8.04. The summed E-state index contributed by atoms with van der Waals surface area (Å²) in [5.41, 5.74) is 2.98. The smallest absolute Gasteiger partial charge is 0.0547 e. The van der Waals surface area contributed by atoms with Crippen LogP contribution in [-0.2, 0) is 14.9 Å². The Bertz CT molecular complexity index is 1130. The van der Waals surface area contributed by atoms with Crippen LogP contribution in [0.3, 0.4) is 0 Å². The van der Waals surface area contributed by atoms with Gasteiger partial charge in [-0.1, -0.05) is 98.4 Å². The molecule has 5 heteroatoms. The van der Waals surface area contributed by atoms with Crippen LogP contribution in [0.1, 0.15) is 76.5 Å². The van der Waals surface area contributed by atoms with Crippen molar-refractivity contribution in [3.8, 4) is 0 Å². The maximum atomic E-state index is 6.44. The van der Waals surface area contributed by atoms with Gasteiger partial charge in [0, 0.05) is 39.6 Å². The molecule has 3 aromatic carbocycles. The molecule has 3 aromatic rings. The molecule has 1 aliphatic carbocycles. The van der Waals surface area contributed by atoms with Gasteiger partial charge in [0.2, 0.25) is 0 Å². The number of benzene rings is 3. The van der Waals surface area contributed by atoms with Gasteiger partial charge >= 0.3 is 0 Å². The van der Waals surface area contributed by atoms with E-state index in [-0.39, 0.29) is 5.41 Å². The lowest BCUT2D eigenvalue weighted by molar-refractivity contribution is -0.0892. The van der Waals surface area contributed by atoms with Crippen molar-refractivity contribution in [2.45, 2.75) is 65.2 Å². The van der Waals surface area contributed by atoms with Gasteiger partial charge in [-0.05, 0) is 109 Å². The maximum absolute atomic E-state index is 6.44. The zero-order valence-electron chi connectivity index (χ0n) is 25.8. The highest BCUT2D eigenvalue weighted by Crippen LogP contribution is 2.53. The summed E-state index contributed by atoms with van der Waals surface area (Å²) in [6.45, 7) is 11.4. The van der Waals surface area contributed by atoms with Gasteiger partial charge in [-0.15, -0.1) is 0 Å². The van der Waals surface area contributed by atoms with Crippen molar-refractivity contribution in [3.63, 3.8) is 0 Å². The fourth-order valence-electron chi connectivity index (χ4n) is 7.66. The second-order valence-corrected chi connectivity index (χ2v) is 14.1. The fraction of sp³-hybridized carbons (Fsp3) is 0.514. The summed E-state index contributed by atoms with van der Waals surface area (Å²) in [6.07, 6.45) is 5.56. The molecule has 0 N–H and O–H groups in total. The van der Waals surface area contributed by atoms with Gasteiger partial charge in [0.05, 0.1) is 13.2 Å². The first-order valence-corrected chi connectivity index (χ1v) is 16.6. The molecule has 0 spiro atoms. The summed E-state index contributed by atoms with van der Waals surface area (Å²) in [7, 11) is 1.85. The monoisotopic (exact) mass is 628 g/mol. The molecule has 2 nitrogen and oxygen atoms in total. The van der Waals surface area contributed by atoms with Crippen LogP contribution >= 0.6 is 34.8 Å². The van der Waals surface area contributed by atoms with Crippen LogP contribution in [-0.4, -0.2) is 26.9 Å². The molecule has 4 rings (SSSR count). The highest BCUT2D eigenvalue weighted by molar-refractivity contribution is 6.31. The van der Waals surface area contributed by atoms with E-state index in [4.69, 9.17) is 44.3 Å². The predicted molar refractivity (Wildman–Crippen MR) is 179 cm³/mol. The molecule has 1 fully saturated rings. The zero-order valence-corrected chi connectivity index (χ0v) is 28.1. The molecule has 1 saturated carbocycles. The van der Waals surface area contributed by atoms with Crippen LogP contribution in [0.2, 0.25) is 15.1 Å². The number of ether oxygens (including phenoxy) is 2. The van der Waals surface area contributed by atoms with Crippen LogP contribution in [0, 0.1) is 29.1 Å². The van der Waals surface area contributed by atoms with Gasteiger partial charge in [-0.25, -0.2) is 0 Å². The van der Waals surface area contributed by atoms with Gasteiger partial charge in [-0.3, -0.25) is 0 Å². The third-order valence-electron chi connectivity index (χ3n) is 9.84. The highest BCUT2D eigenvalue weighted by Gasteiger charge is 2.48. The topological polar surface area (TPSA) is 18.5 Å². The molecule has 0 heterocycles. The number of hydrogen-bond donors (Lipinski definition) is 0. The van der Waals surface area contributed by atoms with Crippen LogP contribution in [0.4, 0.5) is 0 Å². The Labute approximate surface area is 269 Å². The highest BCUT2D eigenvalue weighted by atomic mass is 35.5. The minimum atomic E-state index is -0.460. The van der Waals surface area contributed by atoms with Crippen molar-refractivity contribution in [2.75, 3.05) is 26.9 Å². The Morgan fingerprint density at radius 2 is 1.21 bits per heavy atom. The van der Waals surface area contributed by atoms with E-state index >= 15 is 0 Å². The second kappa shape index (κ2) is 15.0. The number of methoxy groups -OCH3 is 1. The SMILES string of the molecule is CCOCC(CCC(c1ccc(Cl)cc1)(c1ccc(Cl)cc1)c1ccc(Cl)cc1)(COC)C1CC(C)CCC1C(C)C. The summed E-state index contributed by atoms with van der Waals surface area (Å²) < 4.78 is 12.5. The van der Waals surface area contributed by atoms with Crippen molar-refractivity contribution >= 4 is 34.8 Å². The molecule has 0 saturated heterocycles. The van der Waals surface area contributed by atoms with E-state index in [1.807, 2.05) is 43.5 Å². The van der Waals surface area contributed by atoms with Crippen molar-refractivity contribution in [3.05, 3.63) is 105 Å². The van der Waals surface area contributed by atoms with Crippen molar-refractivity contribution in [1.29, 1.82) is 0 Å². The normalized spacial score (nSPS) is 20.9. The molecule has 228 valence electrons. The Balaban J connectivity index is 1.92. The van der Waals surface area contributed by atoms with Crippen LogP contribution < -0.4 is 0 Å². The van der Waals surface area contributed by atoms with E-state index in [9.17, 15) is 0 Å². The summed E-state index contributed by atoms with van der Waals surface area (Å²) in [5, 5.41) is 2.17. The lowest BCUT2D eigenvalue weighted by Gasteiger charge is -2.50. The van der Waals surface area contributed by atoms with Crippen molar-refractivity contribution in [1.82, 2.24) is 0 Å². The molecule has 42 heavy (non-hydrogen) atoms. The average molecular weight is 630 g/mol. The lowest BCUT2D eigenvalue weighted by Crippen LogP contribution is -2.48. The van der Waals surface area contributed by atoms with Gasteiger partial charge < -0.3 is 9.47 Å². The second-order valence-electron chi connectivity index (χ2n) is 12.8. The Kier molecular flexibility index (Phi) is 11.9. The summed E-state index contributed by atoms with van der Waals surface area (Å²) in [5.74, 6) is 2.43. The summed E-state index contributed by atoms with van der Waals surface area (Å²) in [4.78, 5) is 0. The van der Waals surface area contributed by atoms with Gasteiger partial charge in [0.15, 0.2) is 0 Å². The van der Waals surface area contributed by atoms with E-state index in [2.05, 4.69) is 64.1 Å². The lowest BCUT2D eigenvalue weighted by atomic mass is 9.56. The Morgan fingerprint density at radius 3 is 1.62 bits per heavy atom. The van der Waals surface area contributed by atoms with Crippen LogP contribution in [0.25, 0.3) is 0 Å². The number of halogens is 3. The molecule has 0 aromatic heterocycles. The Morgan fingerprint density at radius 1 is 0.738 bits per heavy atom. The van der Waals surface area contributed by atoms with E-state index in [1.54, 1.807) is 0 Å². The van der Waals surface area contributed by atoms with Crippen LogP contribution in [0.15, 0.2) is 72.8 Å². The molecule has 4 unspecified atom stereocenters. The number of hydrogen-bond acceptors (Lipinski definition) is 2. The molecular formula is C37H47Cl3O2. The molecule has 0 amide bonds. The predicted octanol–water partition coefficient (Wildman–Crippen LogP) is 11.1. The average Bonchev–Trinajstić information content (AvgIpc) is 2.98.